The third-order valence-electron chi connectivity index (χ3n) is 4.85. The van der Waals surface area contributed by atoms with E-state index >= 15 is 0 Å². The van der Waals surface area contributed by atoms with Crippen LogP contribution in [0, 0.1) is 18.7 Å². The molecular formula is C22H23FN2O4. The minimum absolute atomic E-state index is 0.0522. The summed E-state index contributed by atoms with van der Waals surface area (Å²) in [5.74, 6) is -2.15. The highest BCUT2D eigenvalue weighted by Crippen LogP contribution is 2.26. The van der Waals surface area contributed by atoms with Crippen LogP contribution in [0.5, 0.6) is 0 Å². The van der Waals surface area contributed by atoms with Crippen LogP contribution in [0.1, 0.15) is 24.5 Å². The summed E-state index contributed by atoms with van der Waals surface area (Å²) in [6, 6.07) is 13.2. The lowest BCUT2D eigenvalue weighted by Crippen LogP contribution is -2.37. The van der Waals surface area contributed by atoms with Gasteiger partial charge in [-0.3, -0.25) is 14.4 Å². The van der Waals surface area contributed by atoms with Gasteiger partial charge in [0.15, 0.2) is 6.10 Å². The Morgan fingerprint density at radius 2 is 1.83 bits per heavy atom. The Kier molecular flexibility index (Phi) is 6.26. The molecule has 3 rings (SSSR count). The number of carbonyl (C=O) groups is 3. The second kappa shape index (κ2) is 8.86. The topological polar surface area (TPSA) is 75.7 Å². The molecule has 1 aliphatic heterocycles. The summed E-state index contributed by atoms with van der Waals surface area (Å²) in [5.41, 5.74) is 2.55. The molecule has 2 aromatic rings. The predicted molar refractivity (Wildman–Crippen MR) is 105 cm³/mol. The van der Waals surface area contributed by atoms with Crippen molar-refractivity contribution in [2.45, 2.75) is 32.9 Å². The van der Waals surface area contributed by atoms with Crippen LogP contribution in [0.4, 0.5) is 10.1 Å². The van der Waals surface area contributed by atoms with Gasteiger partial charge in [0.1, 0.15) is 5.82 Å². The Morgan fingerprint density at radius 3 is 2.48 bits per heavy atom. The standard InChI is InChI=1S/C22H23FN2O4/c1-14-3-9-19(10-4-14)25-13-17(11-20(25)26)22(28)29-15(2)21(27)24-12-16-5-7-18(23)8-6-16/h3-10,15,17H,11-13H2,1-2H3,(H,24,27)/t15-,17-/m0/s1. The quantitative estimate of drug-likeness (QED) is 0.760. The summed E-state index contributed by atoms with van der Waals surface area (Å²) in [7, 11) is 0. The Bertz CT molecular complexity index is 896. The number of anilines is 1. The van der Waals surface area contributed by atoms with E-state index in [1.807, 2.05) is 31.2 Å². The van der Waals surface area contributed by atoms with Crippen LogP contribution in [-0.4, -0.2) is 30.4 Å². The maximum absolute atomic E-state index is 12.9. The van der Waals surface area contributed by atoms with Gasteiger partial charge in [0.25, 0.3) is 5.91 Å². The van der Waals surface area contributed by atoms with E-state index in [0.29, 0.717) is 0 Å². The first kappa shape index (κ1) is 20.5. The number of halogens is 1. The Labute approximate surface area is 168 Å². The van der Waals surface area contributed by atoms with Crippen LogP contribution >= 0.6 is 0 Å². The number of ether oxygens (including phenoxy) is 1. The van der Waals surface area contributed by atoms with Crippen LogP contribution in [0.3, 0.4) is 0 Å². The van der Waals surface area contributed by atoms with E-state index in [-0.39, 0.29) is 31.2 Å². The lowest BCUT2D eigenvalue weighted by Gasteiger charge is -2.18. The molecule has 152 valence electrons. The molecule has 1 N–H and O–H groups in total. The SMILES string of the molecule is Cc1ccc(N2C[C@@H](C(=O)O[C@@H](C)C(=O)NCc3ccc(F)cc3)CC2=O)cc1. The first-order valence-corrected chi connectivity index (χ1v) is 9.43. The van der Waals surface area contributed by atoms with Gasteiger partial charge in [0.05, 0.1) is 5.92 Å². The van der Waals surface area contributed by atoms with Gasteiger partial charge in [-0.15, -0.1) is 0 Å². The van der Waals surface area contributed by atoms with Gasteiger partial charge in [0.2, 0.25) is 5.91 Å². The normalized spacial score (nSPS) is 17.1. The number of amides is 2. The largest absolute Gasteiger partial charge is 0.452 e. The Hall–Kier alpha value is -3.22. The third kappa shape index (κ3) is 5.19. The van der Waals surface area contributed by atoms with Crippen molar-refractivity contribution < 1.29 is 23.5 Å². The molecule has 29 heavy (non-hydrogen) atoms. The van der Waals surface area contributed by atoms with Crippen LogP contribution in [0.2, 0.25) is 0 Å². The predicted octanol–water partition coefficient (Wildman–Crippen LogP) is 2.74. The monoisotopic (exact) mass is 398 g/mol. The number of carbonyl (C=O) groups excluding carboxylic acids is 3. The maximum Gasteiger partial charge on any atom is 0.312 e. The van der Waals surface area contributed by atoms with Gasteiger partial charge >= 0.3 is 5.97 Å². The van der Waals surface area contributed by atoms with Gasteiger partial charge in [0, 0.05) is 25.2 Å². The number of esters is 1. The molecule has 0 radical (unpaired) electrons. The molecule has 0 aromatic heterocycles. The van der Waals surface area contributed by atoms with E-state index in [1.165, 1.54) is 19.1 Å². The van der Waals surface area contributed by atoms with Gasteiger partial charge in [-0.1, -0.05) is 29.8 Å². The van der Waals surface area contributed by atoms with Gasteiger partial charge in [-0.25, -0.2) is 4.39 Å². The molecule has 2 aromatic carbocycles. The fourth-order valence-corrected chi connectivity index (χ4v) is 3.10. The average Bonchev–Trinajstić information content (AvgIpc) is 3.09. The van der Waals surface area contributed by atoms with Gasteiger partial charge in [-0.2, -0.15) is 0 Å². The lowest BCUT2D eigenvalue weighted by atomic mass is 10.1. The number of aryl methyl sites for hydroxylation is 1. The molecule has 1 aliphatic rings. The molecule has 0 bridgehead atoms. The molecule has 0 saturated carbocycles. The van der Waals surface area contributed by atoms with E-state index in [1.54, 1.807) is 17.0 Å². The third-order valence-corrected chi connectivity index (χ3v) is 4.85. The summed E-state index contributed by atoms with van der Waals surface area (Å²) < 4.78 is 18.2. The van der Waals surface area contributed by atoms with E-state index < -0.39 is 23.9 Å². The van der Waals surface area contributed by atoms with Crippen molar-refractivity contribution >= 4 is 23.5 Å². The van der Waals surface area contributed by atoms with Crippen LogP contribution in [0.25, 0.3) is 0 Å². The second-order valence-corrected chi connectivity index (χ2v) is 7.16. The number of benzene rings is 2. The van der Waals surface area contributed by atoms with E-state index in [4.69, 9.17) is 4.74 Å². The number of hydrogen-bond donors (Lipinski definition) is 1. The van der Waals surface area contributed by atoms with Crippen LogP contribution in [-0.2, 0) is 25.7 Å². The Morgan fingerprint density at radius 1 is 1.17 bits per heavy atom. The summed E-state index contributed by atoms with van der Waals surface area (Å²) in [5, 5.41) is 2.65. The fourth-order valence-electron chi connectivity index (χ4n) is 3.10. The van der Waals surface area contributed by atoms with Crippen molar-refractivity contribution in [2.24, 2.45) is 5.92 Å². The number of rotatable bonds is 6. The van der Waals surface area contributed by atoms with E-state index in [0.717, 1.165) is 16.8 Å². The average molecular weight is 398 g/mol. The highest BCUT2D eigenvalue weighted by molar-refractivity contribution is 5.99. The molecule has 0 unspecified atom stereocenters. The summed E-state index contributed by atoms with van der Waals surface area (Å²) in [6.45, 7) is 3.86. The second-order valence-electron chi connectivity index (χ2n) is 7.16. The molecule has 7 heteroatoms. The van der Waals surface area contributed by atoms with Crippen molar-refractivity contribution in [3.05, 3.63) is 65.5 Å². The minimum atomic E-state index is -0.994. The summed E-state index contributed by atoms with van der Waals surface area (Å²) in [4.78, 5) is 38.5. The summed E-state index contributed by atoms with van der Waals surface area (Å²) >= 11 is 0. The molecule has 0 spiro atoms. The molecule has 2 amide bonds. The first-order chi connectivity index (χ1) is 13.8. The van der Waals surface area contributed by atoms with Gasteiger partial charge < -0.3 is 15.0 Å². The molecule has 6 nitrogen and oxygen atoms in total. The zero-order valence-electron chi connectivity index (χ0n) is 16.4. The molecule has 1 heterocycles. The van der Waals surface area contributed by atoms with E-state index in [9.17, 15) is 18.8 Å². The van der Waals surface area contributed by atoms with E-state index in [2.05, 4.69) is 5.32 Å². The number of nitrogens with one attached hydrogen (secondary N) is 1. The van der Waals surface area contributed by atoms with Crippen molar-refractivity contribution in [3.8, 4) is 0 Å². The summed E-state index contributed by atoms with van der Waals surface area (Å²) in [6.07, 6.45) is -0.942. The molecule has 2 atom stereocenters. The van der Waals surface area contributed by atoms with Crippen LogP contribution < -0.4 is 10.2 Å². The molecule has 1 fully saturated rings. The zero-order valence-corrected chi connectivity index (χ0v) is 16.4. The van der Waals surface area contributed by atoms with Crippen molar-refractivity contribution in [1.29, 1.82) is 0 Å². The van der Waals surface area contributed by atoms with Crippen molar-refractivity contribution in [2.75, 3.05) is 11.4 Å². The zero-order chi connectivity index (χ0) is 21.0. The number of hydrogen-bond acceptors (Lipinski definition) is 4. The highest BCUT2D eigenvalue weighted by atomic mass is 19.1. The molecular weight excluding hydrogens is 375 g/mol. The highest BCUT2D eigenvalue weighted by Gasteiger charge is 2.37. The van der Waals surface area contributed by atoms with Crippen molar-refractivity contribution in [3.63, 3.8) is 0 Å². The Balaban J connectivity index is 1.51. The molecule has 1 saturated heterocycles. The minimum Gasteiger partial charge on any atom is -0.452 e. The first-order valence-electron chi connectivity index (χ1n) is 9.43. The van der Waals surface area contributed by atoms with Gasteiger partial charge in [-0.05, 0) is 43.7 Å². The lowest BCUT2D eigenvalue weighted by molar-refractivity contribution is -0.158. The fraction of sp³-hybridized carbons (Fsp3) is 0.318. The number of nitrogens with zero attached hydrogens (tertiary/aromatic N) is 1. The van der Waals surface area contributed by atoms with Crippen molar-refractivity contribution in [1.82, 2.24) is 5.32 Å². The maximum atomic E-state index is 12.9. The molecule has 0 aliphatic carbocycles. The van der Waals surface area contributed by atoms with Crippen LogP contribution in [0.15, 0.2) is 48.5 Å². The smallest absolute Gasteiger partial charge is 0.312 e.